The highest BCUT2D eigenvalue weighted by molar-refractivity contribution is 6.12. The normalized spacial score (nSPS) is 15.5. The summed E-state index contributed by atoms with van der Waals surface area (Å²) in [5, 5.41) is 2.43. The Morgan fingerprint density at radius 3 is 2.35 bits per heavy atom. The van der Waals surface area contributed by atoms with Crippen LogP contribution in [0.25, 0.3) is 49.8 Å². The molecule has 0 N–H and O–H groups in total. The quantitative estimate of drug-likeness (QED) is 0.140. The van der Waals surface area contributed by atoms with Gasteiger partial charge >= 0.3 is 0 Å². The second-order valence-electron chi connectivity index (χ2n) is 11.1. The number of anilines is 1. The lowest BCUT2D eigenvalue weighted by atomic mass is 9.97. The molecule has 0 atom stereocenters. The third-order valence-corrected chi connectivity index (χ3v) is 8.48. The molecule has 2 heteroatoms. The Labute approximate surface area is 273 Å². The van der Waals surface area contributed by atoms with Crippen LogP contribution in [0.3, 0.4) is 0 Å². The molecule has 5 aromatic rings. The smallest absolute Gasteiger partial charge is 0.0885 e. The van der Waals surface area contributed by atoms with E-state index in [-0.39, 0.29) is 0 Å². The molecule has 4 aromatic carbocycles. The number of benzene rings is 4. The predicted octanol–water partition coefficient (Wildman–Crippen LogP) is 12.4. The first-order chi connectivity index (χ1) is 22.7. The van der Waals surface area contributed by atoms with E-state index in [0.29, 0.717) is 0 Å². The van der Waals surface area contributed by atoms with E-state index in [2.05, 4.69) is 169 Å². The van der Waals surface area contributed by atoms with Crippen LogP contribution in [0.2, 0.25) is 0 Å². The van der Waals surface area contributed by atoms with Crippen LogP contribution in [0, 0.1) is 0 Å². The minimum absolute atomic E-state index is 0.907. The molecule has 46 heavy (non-hydrogen) atoms. The van der Waals surface area contributed by atoms with Crippen molar-refractivity contribution >= 4 is 38.6 Å². The lowest BCUT2D eigenvalue weighted by Gasteiger charge is -2.25. The summed E-state index contributed by atoms with van der Waals surface area (Å²) in [6.07, 6.45) is 21.9. The molecule has 0 amide bonds. The second-order valence-corrected chi connectivity index (χ2v) is 11.1. The molecule has 7 rings (SSSR count). The molecule has 1 aromatic heterocycles. The maximum absolute atomic E-state index is 4.48. The fourth-order valence-corrected chi connectivity index (χ4v) is 6.25. The van der Waals surface area contributed by atoms with Crippen molar-refractivity contribution in [3.63, 3.8) is 0 Å². The van der Waals surface area contributed by atoms with Crippen LogP contribution in [-0.4, -0.2) is 4.57 Å². The van der Waals surface area contributed by atoms with Gasteiger partial charge in [-0.3, -0.25) is 0 Å². The lowest BCUT2D eigenvalue weighted by Crippen LogP contribution is -2.15. The highest BCUT2D eigenvalue weighted by Gasteiger charge is 2.21. The summed E-state index contributed by atoms with van der Waals surface area (Å²) in [5.41, 5.74) is 16.0. The van der Waals surface area contributed by atoms with E-state index in [1.807, 2.05) is 26.0 Å². The van der Waals surface area contributed by atoms with E-state index in [1.165, 1.54) is 38.6 Å². The van der Waals surface area contributed by atoms with Crippen LogP contribution < -0.4 is 4.90 Å². The zero-order valence-electron chi connectivity index (χ0n) is 27.2. The summed E-state index contributed by atoms with van der Waals surface area (Å²) >= 11 is 0. The molecule has 2 heterocycles. The minimum Gasteiger partial charge on any atom is -0.310 e. The maximum Gasteiger partial charge on any atom is 0.0885 e. The van der Waals surface area contributed by atoms with Crippen LogP contribution in [0.15, 0.2) is 164 Å². The van der Waals surface area contributed by atoms with Gasteiger partial charge in [-0.15, -0.1) is 0 Å². The largest absolute Gasteiger partial charge is 0.310 e. The van der Waals surface area contributed by atoms with Gasteiger partial charge in [0.1, 0.15) is 0 Å². The van der Waals surface area contributed by atoms with Gasteiger partial charge < -0.3 is 9.47 Å². The van der Waals surface area contributed by atoms with Gasteiger partial charge in [-0.1, -0.05) is 111 Å². The number of rotatable bonds is 6. The van der Waals surface area contributed by atoms with Gasteiger partial charge in [-0.2, -0.15) is 0 Å². The van der Waals surface area contributed by atoms with E-state index < -0.39 is 0 Å². The van der Waals surface area contributed by atoms with Gasteiger partial charge in [0.2, 0.25) is 0 Å². The Bertz CT molecular complexity index is 2150. The van der Waals surface area contributed by atoms with E-state index in [1.54, 1.807) is 0 Å². The summed E-state index contributed by atoms with van der Waals surface area (Å²) < 4.78 is 2.41. The standard InChI is InChI=1S/C42H34N2.C2H6/c1-4-6-16-31(5-2)34-23-24-40-38(27-34)39-28-37-30(3)15-12-13-25-43(35-20-10-11-21-35)41(37)29-42(39)44(40)36-22-14-19-33(26-36)32-17-8-7-9-18-32;1-2/h4-15,17-20,22-29H,3,16H2,1-2H3;1-2H3/b6-4-,15-12-,25-13-,31-5-;. The molecule has 226 valence electrons. The molecular formula is C44H40N2. The predicted molar refractivity (Wildman–Crippen MR) is 201 cm³/mol. The highest BCUT2D eigenvalue weighted by Crippen LogP contribution is 2.42. The monoisotopic (exact) mass is 596 g/mol. The molecule has 0 bridgehead atoms. The van der Waals surface area contributed by atoms with E-state index in [4.69, 9.17) is 0 Å². The zero-order valence-corrected chi connectivity index (χ0v) is 27.2. The van der Waals surface area contributed by atoms with E-state index in [9.17, 15) is 0 Å². The first-order valence-corrected chi connectivity index (χ1v) is 16.2. The van der Waals surface area contributed by atoms with Gasteiger partial charge in [-0.05, 0) is 103 Å². The molecule has 0 saturated carbocycles. The summed E-state index contributed by atoms with van der Waals surface area (Å²) in [5.74, 6) is 0. The molecular weight excluding hydrogens is 556 g/mol. The molecule has 0 saturated heterocycles. The van der Waals surface area contributed by atoms with Crippen molar-refractivity contribution in [2.75, 3.05) is 4.90 Å². The number of aromatic nitrogens is 1. The fourth-order valence-electron chi connectivity index (χ4n) is 6.25. The van der Waals surface area contributed by atoms with Crippen LogP contribution in [-0.2, 0) is 0 Å². The molecule has 1 aliphatic heterocycles. The number of hydrogen-bond donors (Lipinski definition) is 0. The summed E-state index contributed by atoms with van der Waals surface area (Å²) in [7, 11) is 0. The van der Waals surface area contributed by atoms with Crippen molar-refractivity contribution in [2.24, 2.45) is 0 Å². The van der Waals surface area contributed by atoms with Crippen molar-refractivity contribution < 1.29 is 0 Å². The average molecular weight is 597 g/mol. The summed E-state index contributed by atoms with van der Waals surface area (Å²) in [4.78, 5) is 2.21. The van der Waals surface area contributed by atoms with Gasteiger partial charge in [0, 0.05) is 28.2 Å². The Morgan fingerprint density at radius 2 is 1.59 bits per heavy atom. The first kappa shape index (κ1) is 30.5. The third kappa shape index (κ3) is 5.68. The molecule has 0 spiro atoms. The highest BCUT2D eigenvalue weighted by atomic mass is 15.1. The van der Waals surface area contributed by atoms with Crippen molar-refractivity contribution in [1.29, 1.82) is 0 Å². The minimum atomic E-state index is 0.907. The Morgan fingerprint density at radius 1 is 0.783 bits per heavy atom. The van der Waals surface area contributed by atoms with Crippen molar-refractivity contribution in [2.45, 2.75) is 34.1 Å². The molecule has 1 aliphatic carbocycles. The lowest BCUT2D eigenvalue weighted by molar-refractivity contribution is 1.17. The van der Waals surface area contributed by atoms with Crippen molar-refractivity contribution in [3.8, 4) is 16.8 Å². The van der Waals surface area contributed by atoms with Gasteiger partial charge in [0.15, 0.2) is 0 Å². The van der Waals surface area contributed by atoms with Crippen LogP contribution >= 0.6 is 0 Å². The Hall–Kier alpha value is -5.56. The molecule has 0 radical (unpaired) electrons. The molecule has 0 unspecified atom stereocenters. The van der Waals surface area contributed by atoms with Crippen LogP contribution in [0.1, 0.15) is 45.2 Å². The number of nitrogens with zero attached hydrogens (tertiary/aromatic N) is 2. The van der Waals surface area contributed by atoms with Gasteiger partial charge in [0.25, 0.3) is 0 Å². The Kier molecular flexibility index (Phi) is 9.01. The zero-order chi connectivity index (χ0) is 32.0. The number of fused-ring (bicyclic) bond motifs is 4. The Balaban J connectivity index is 0.00000182. The molecule has 0 fully saturated rings. The van der Waals surface area contributed by atoms with Crippen molar-refractivity contribution in [3.05, 3.63) is 175 Å². The molecule has 2 aliphatic rings. The average Bonchev–Trinajstić information content (AvgIpc) is 3.75. The summed E-state index contributed by atoms with van der Waals surface area (Å²) in [6, 6.07) is 31.0. The summed E-state index contributed by atoms with van der Waals surface area (Å²) in [6.45, 7) is 12.7. The number of hydrogen-bond acceptors (Lipinski definition) is 1. The van der Waals surface area contributed by atoms with Gasteiger partial charge in [0.05, 0.1) is 22.4 Å². The van der Waals surface area contributed by atoms with Crippen LogP contribution in [0.4, 0.5) is 5.69 Å². The van der Waals surface area contributed by atoms with Crippen molar-refractivity contribution in [1.82, 2.24) is 4.57 Å². The fraction of sp³-hybridized carbons (Fsp3) is 0.114. The second kappa shape index (κ2) is 13.6. The van der Waals surface area contributed by atoms with Gasteiger partial charge in [-0.25, -0.2) is 0 Å². The maximum atomic E-state index is 4.48. The topological polar surface area (TPSA) is 8.17 Å². The van der Waals surface area contributed by atoms with Crippen LogP contribution in [0.5, 0.6) is 0 Å². The number of allylic oxidation sites excluding steroid dienone is 10. The molecule has 2 nitrogen and oxygen atoms in total. The van der Waals surface area contributed by atoms with E-state index in [0.717, 1.165) is 40.1 Å². The SMILES string of the molecule is C=C1/C=C\C=C/N(C2=C=CC=C2)c2cc3c(cc21)c1cc(/C(=C\C)C/C=C\C)ccc1n3-c1cccc(-c2ccccc2)c1.CC. The van der Waals surface area contributed by atoms with E-state index >= 15 is 0 Å². The first-order valence-electron chi connectivity index (χ1n) is 16.2. The third-order valence-electron chi connectivity index (χ3n) is 8.48.